The van der Waals surface area contributed by atoms with E-state index in [-0.39, 0.29) is 5.82 Å². The summed E-state index contributed by atoms with van der Waals surface area (Å²) in [6, 6.07) is 13.2. The minimum atomic E-state index is -0.169. The average Bonchev–Trinajstić information content (AvgIpc) is 2.33. The van der Waals surface area contributed by atoms with Gasteiger partial charge < -0.3 is 5.32 Å². The van der Waals surface area contributed by atoms with Crippen molar-refractivity contribution < 1.29 is 4.39 Å². The minimum absolute atomic E-state index is 0.169. The van der Waals surface area contributed by atoms with Crippen molar-refractivity contribution in [3.63, 3.8) is 0 Å². The molecule has 0 saturated carbocycles. The molecule has 2 aromatic carbocycles. The molecule has 1 nitrogen and oxygen atoms in total. The molecule has 0 aliphatic heterocycles. The Hall–Kier alpha value is -1.67. The van der Waals surface area contributed by atoms with Gasteiger partial charge in [-0.1, -0.05) is 29.8 Å². The van der Waals surface area contributed by atoms with Gasteiger partial charge in [-0.15, -0.1) is 0 Å². The van der Waals surface area contributed by atoms with Crippen molar-refractivity contribution in [2.24, 2.45) is 0 Å². The Bertz CT molecular complexity index is 520. The number of rotatable bonds is 3. The van der Waals surface area contributed by atoms with E-state index in [9.17, 15) is 4.39 Å². The zero-order valence-corrected chi connectivity index (χ0v) is 10.1. The predicted octanol–water partition coefficient (Wildman–Crippen LogP) is 3.52. The minimum Gasteiger partial charge on any atom is -0.316 e. The number of hydrogen-bond donors (Lipinski definition) is 1. The van der Waals surface area contributed by atoms with E-state index in [1.165, 1.54) is 6.07 Å². The van der Waals surface area contributed by atoms with Crippen LogP contribution in [0.5, 0.6) is 0 Å². The van der Waals surface area contributed by atoms with Crippen molar-refractivity contribution >= 4 is 0 Å². The lowest BCUT2D eigenvalue weighted by molar-refractivity contribution is 0.631. The van der Waals surface area contributed by atoms with Crippen LogP contribution in [0.25, 0.3) is 11.1 Å². The van der Waals surface area contributed by atoms with E-state index < -0.39 is 0 Å². The molecule has 0 heterocycles. The SMILES string of the molecule is CNCc1cccc(-c2cc(C)ccc2F)c1. The van der Waals surface area contributed by atoms with Gasteiger partial charge in [0.1, 0.15) is 5.82 Å². The molecule has 0 fully saturated rings. The molecule has 0 amide bonds. The van der Waals surface area contributed by atoms with Gasteiger partial charge in [-0.2, -0.15) is 0 Å². The van der Waals surface area contributed by atoms with Gasteiger partial charge in [-0.25, -0.2) is 4.39 Å². The van der Waals surface area contributed by atoms with E-state index in [1.54, 1.807) is 6.07 Å². The highest BCUT2D eigenvalue weighted by molar-refractivity contribution is 5.65. The van der Waals surface area contributed by atoms with Crippen LogP contribution in [-0.2, 0) is 6.54 Å². The Balaban J connectivity index is 2.45. The number of nitrogens with one attached hydrogen (secondary N) is 1. The van der Waals surface area contributed by atoms with Crippen molar-refractivity contribution in [1.29, 1.82) is 0 Å². The van der Waals surface area contributed by atoms with E-state index >= 15 is 0 Å². The second kappa shape index (κ2) is 5.11. The number of halogens is 1. The van der Waals surface area contributed by atoms with Crippen LogP contribution in [0.2, 0.25) is 0 Å². The lowest BCUT2D eigenvalue weighted by Crippen LogP contribution is -2.04. The third-order valence-electron chi connectivity index (χ3n) is 2.74. The normalized spacial score (nSPS) is 10.5. The third-order valence-corrected chi connectivity index (χ3v) is 2.74. The largest absolute Gasteiger partial charge is 0.316 e. The maximum Gasteiger partial charge on any atom is 0.131 e. The van der Waals surface area contributed by atoms with Crippen LogP contribution < -0.4 is 5.32 Å². The van der Waals surface area contributed by atoms with E-state index in [2.05, 4.69) is 5.32 Å². The van der Waals surface area contributed by atoms with Crippen LogP contribution in [0.1, 0.15) is 11.1 Å². The fourth-order valence-corrected chi connectivity index (χ4v) is 1.91. The topological polar surface area (TPSA) is 12.0 Å². The van der Waals surface area contributed by atoms with Crippen LogP contribution in [0.4, 0.5) is 4.39 Å². The smallest absolute Gasteiger partial charge is 0.131 e. The van der Waals surface area contributed by atoms with Crippen molar-refractivity contribution in [3.05, 3.63) is 59.4 Å². The summed E-state index contributed by atoms with van der Waals surface area (Å²) >= 11 is 0. The van der Waals surface area contributed by atoms with Crippen molar-refractivity contribution in [2.45, 2.75) is 13.5 Å². The van der Waals surface area contributed by atoms with Crippen molar-refractivity contribution in [1.82, 2.24) is 5.32 Å². The second-order valence-corrected chi connectivity index (χ2v) is 4.21. The van der Waals surface area contributed by atoms with Crippen LogP contribution >= 0.6 is 0 Å². The summed E-state index contributed by atoms with van der Waals surface area (Å²) in [5, 5.41) is 3.09. The Morgan fingerprint density at radius 3 is 2.71 bits per heavy atom. The molecule has 2 heteroatoms. The molecular formula is C15H16FN. The molecule has 2 aromatic rings. The zero-order valence-electron chi connectivity index (χ0n) is 10.1. The predicted molar refractivity (Wildman–Crippen MR) is 69.3 cm³/mol. The second-order valence-electron chi connectivity index (χ2n) is 4.21. The van der Waals surface area contributed by atoms with Crippen LogP contribution in [-0.4, -0.2) is 7.05 Å². The lowest BCUT2D eigenvalue weighted by atomic mass is 10.0. The Labute approximate surface area is 101 Å². The summed E-state index contributed by atoms with van der Waals surface area (Å²) in [7, 11) is 1.90. The Morgan fingerprint density at radius 1 is 1.12 bits per heavy atom. The average molecular weight is 229 g/mol. The standard InChI is InChI=1S/C15H16FN/c1-11-6-7-15(16)14(8-11)13-5-3-4-12(9-13)10-17-2/h3-9,17H,10H2,1-2H3. The van der Waals surface area contributed by atoms with Gasteiger partial charge in [0, 0.05) is 12.1 Å². The number of benzene rings is 2. The third kappa shape index (κ3) is 2.71. The van der Waals surface area contributed by atoms with Gasteiger partial charge in [0.25, 0.3) is 0 Å². The maximum absolute atomic E-state index is 13.8. The number of aryl methyl sites for hydroxylation is 1. The zero-order chi connectivity index (χ0) is 12.3. The molecule has 17 heavy (non-hydrogen) atoms. The lowest BCUT2D eigenvalue weighted by Gasteiger charge is -2.07. The Kier molecular flexibility index (Phi) is 3.55. The van der Waals surface area contributed by atoms with E-state index in [4.69, 9.17) is 0 Å². The molecule has 0 bridgehead atoms. The fraction of sp³-hybridized carbons (Fsp3) is 0.200. The number of hydrogen-bond acceptors (Lipinski definition) is 1. The van der Waals surface area contributed by atoms with Gasteiger partial charge in [0.05, 0.1) is 0 Å². The van der Waals surface area contributed by atoms with Gasteiger partial charge >= 0.3 is 0 Å². The molecule has 0 unspecified atom stereocenters. The van der Waals surface area contributed by atoms with Crippen LogP contribution in [0, 0.1) is 12.7 Å². The highest BCUT2D eigenvalue weighted by Gasteiger charge is 2.05. The van der Waals surface area contributed by atoms with E-state index in [0.29, 0.717) is 5.56 Å². The van der Waals surface area contributed by atoms with Crippen LogP contribution in [0.3, 0.4) is 0 Å². The molecule has 0 aliphatic carbocycles. The first-order valence-electron chi connectivity index (χ1n) is 5.71. The molecule has 0 radical (unpaired) electrons. The van der Waals surface area contributed by atoms with Crippen LogP contribution in [0.15, 0.2) is 42.5 Å². The summed E-state index contributed by atoms with van der Waals surface area (Å²) in [4.78, 5) is 0. The van der Waals surface area contributed by atoms with Gasteiger partial charge in [-0.05, 0) is 43.3 Å². The molecule has 0 aromatic heterocycles. The summed E-state index contributed by atoms with van der Waals surface area (Å²) in [6.45, 7) is 2.77. The molecule has 0 saturated heterocycles. The Morgan fingerprint density at radius 2 is 1.94 bits per heavy atom. The molecule has 88 valence electrons. The first-order valence-corrected chi connectivity index (χ1v) is 5.71. The summed E-state index contributed by atoms with van der Waals surface area (Å²) in [5.74, 6) is -0.169. The maximum atomic E-state index is 13.8. The monoisotopic (exact) mass is 229 g/mol. The summed E-state index contributed by atoms with van der Waals surface area (Å²) < 4.78 is 13.8. The molecule has 2 rings (SSSR count). The highest BCUT2D eigenvalue weighted by atomic mass is 19.1. The van der Waals surface area contributed by atoms with Gasteiger partial charge in [0.2, 0.25) is 0 Å². The van der Waals surface area contributed by atoms with E-state index in [1.807, 2.05) is 44.3 Å². The molecule has 0 aliphatic rings. The summed E-state index contributed by atoms with van der Waals surface area (Å²) in [6.07, 6.45) is 0. The molecule has 1 N–H and O–H groups in total. The highest BCUT2D eigenvalue weighted by Crippen LogP contribution is 2.24. The molecule has 0 spiro atoms. The quantitative estimate of drug-likeness (QED) is 0.849. The first kappa shape index (κ1) is 11.8. The first-order chi connectivity index (χ1) is 8.20. The fourth-order valence-electron chi connectivity index (χ4n) is 1.91. The van der Waals surface area contributed by atoms with E-state index in [0.717, 1.165) is 23.2 Å². The molecular weight excluding hydrogens is 213 g/mol. The van der Waals surface area contributed by atoms with Crippen molar-refractivity contribution in [3.8, 4) is 11.1 Å². The van der Waals surface area contributed by atoms with Gasteiger partial charge in [0.15, 0.2) is 0 Å². The van der Waals surface area contributed by atoms with Gasteiger partial charge in [-0.3, -0.25) is 0 Å². The van der Waals surface area contributed by atoms with Crippen molar-refractivity contribution in [2.75, 3.05) is 7.05 Å². The summed E-state index contributed by atoms with van der Waals surface area (Å²) in [5.41, 5.74) is 3.83. The molecule has 0 atom stereocenters.